The van der Waals surface area contributed by atoms with Gasteiger partial charge in [0.25, 0.3) is 0 Å². The van der Waals surface area contributed by atoms with Crippen molar-refractivity contribution in [2.24, 2.45) is 0 Å². The molecule has 0 aromatic heterocycles. The van der Waals surface area contributed by atoms with Crippen molar-refractivity contribution >= 4 is 34.8 Å². The Balaban J connectivity index is 1.72. The Bertz CT molecular complexity index is 1230. The normalized spacial score (nSPS) is 11.7. The van der Waals surface area contributed by atoms with Gasteiger partial charge in [0.15, 0.2) is 0 Å². The van der Waals surface area contributed by atoms with Crippen molar-refractivity contribution in [3.63, 3.8) is 0 Å². The van der Waals surface area contributed by atoms with Gasteiger partial charge in [-0.2, -0.15) is 11.8 Å². The molecule has 7 heteroatoms. The van der Waals surface area contributed by atoms with Gasteiger partial charge >= 0.3 is 11.9 Å². The van der Waals surface area contributed by atoms with Gasteiger partial charge in [-0.3, -0.25) is 9.59 Å². The number of ether oxygens (including phenoxy) is 2. The number of thioether (sulfide) groups is 1. The van der Waals surface area contributed by atoms with E-state index in [4.69, 9.17) is 9.47 Å². The lowest BCUT2D eigenvalue weighted by Gasteiger charge is -2.23. The fourth-order valence-corrected chi connectivity index (χ4v) is 5.25. The monoisotopic (exact) mass is 610 g/mol. The number of carbonyl (C=O) groups is 2. The molecule has 0 fully saturated rings. The molecule has 0 amide bonds. The number of aromatic hydroxyl groups is 2. The van der Waals surface area contributed by atoms with E-state index < -0.39 is 0 Å². The van der Waals surface area contributed by atoms with Crippen molar-refractivity contribution in [2.45, 2.75) is 91.9 Å². The van der Waals surface area contributed by atoms with Gasteiger partial charge in [0, 0.05) is 46.6 Å². The molecular weight excluding hydrogens is 560 g/mol. The van der Waals surface area contributed by atoms with Crippen LogP contribution in [0.5, 0.6) is 11.5 Å². The van der Waals surface area contributed by atoms with Crippen molar-refractivity contribution in [1.29, 1.82) is 0 Å². The Morgan fingerprint density at radius 2 is 1.05 bits per heavy atom. The SMILES string of the molecule is C=C(C)c1cc(CCC(=O)OCCSCCOC(=O)CCc2cc(C(=C)C)c(O)c(C(C)(C)C)c2)cc(C(C)(C)C)c1O. The highest BCUT2D eigenvalue weighted by Crippen LogP contribution is 2.38. The largest absolute Gasteiger partial charge is 0.507 e. The molecule has 0 radical (unpaired) electrons. The van der Waals surface area contributed by atoms with Crippen molar-refractivity contribution in [3.8, 4) is 11.5 Å². The summed E-state index contributed by atoms with van der Waals surface area (Å²) in [5, 5.41) is 21.4. The lowest BCUT2D eigenvalue weighted by molar-refractivity contribution is -0.143. The summed E-state index contributed by atoms with van der Waals surface area (Å²) in [5.74, 6) is 1.18. The van der Waals surface area contributed by atoms with Crippen LogP contribution in [0.1, 0.15) is 102 Å². The van der Waals surface area contributed by atoms with E-state index in [1.165, 1.54) is 0 Å². The number of aryl methyl sites for hydroxylation is 2. The Morgan fingerprint density at radius 3 is 1.35 bits per heavy atom. The zero-order valence-electron chi connectivity index (χ0n) is 27.3. The molecule has 0 atom stereocenters. The minimum absolute atomic E-state index is 0.242. The molecular formula is C36H50O6S. The Morgan fingerprint density at radius 1 is 0.698 bits per heavy atom. The fraction of sp³-hybridized carbons (Fsp3) is 0.500. The summed E-state index contributed by atoms with van der Waals surface area (Å²) < 4.78 is 10.8. The van der Waals surface area contributed by atoms with E-state index in [0.29, 0.717) is 48.7 Å². The van der Waals surface area contributed by atoms with Crippen LogP contribution in [0.4, 0.5) is 0 Å². The second kappa shape index (κ2) is 15.5. The van der Waals surface area contributed by atoms with E-state index in [2.05, 4.69) is 13.2 Å². The Hall–Kier alpha value is -3.19. The van der Waals surface area contributed by atoms with Crippen LogP contribution in [0.25, 0.3) is 11.1 Å². The van der Waals surface area contributed by atoms with Crippen molar-refractivity contribution in [3.05, 3.63) is 70.8 Å². The van der Waals surface area contributed by atoms with E-state index in [-0.39, 0.29) is 47.1 Å². The van der Waals surface area contributed by atoms with Crippen LogP contribution in [0, 0.1) is 0 Å². The molecule has 2 aromatic rings. The third kappa shape index (κ3) is 11.1. The number of carbonyl (C=O) groups excluding carboxylic acids is 2. The number of phenolic OH excluding ortho intramolecular Hbond substituents is 2. The first-order chi connectivity index (χ1) is 19.9. The van der Waals surface area contributed by atoms with E-state index in [1.807, 2.05) is 79.7 Å². The molecule has 6 nitrogen and oxygen atoms in total. The highest BCUT2D eigenvalue weighted by Gasteiger charge is 2.23. The zero-order chi connectivity index (χ0) is 32.5. The van der Waals surface area contributed by atoms with Crippen LogP contribution in [0.15, 0.2) is 37.4 Å². The maximum atomic E-state index is 12.3. The topological polar surface area (TPSA) is 93.1 Å². The molecule has 0 bridgehead atoms. The molecule has 0 aliphatic heterocycles. The molecule has 0 heterocycles. The van der Waals surface area contributed by atoms with Gasteiger partial charge in [0.2, 0.25) is 0 Å². The molecule has 0 saturated carbocycles. The average Bonchev–Trinajstić information content (AvgIpc) is 2.89. The summed E-state index contributed by atoms with van der Waals surface area (Å²) in [7, 11) is 0. The predicted molar refractivity (Wildman–Crippen MR) is 179 cm³/mol. The number of rotatable bonds is 14. The maximum absolute atomic E-state index is 12.3. The number of hydrogen-bond donors (Lipinski definition) is 2. The first-order valence-corrected chi connectivity index (χ1v) is 16.0. The summed E-state index contributed by atoms with van der Waals surface area (Å²) in [4.78, 5) is 24.6. The van der Waals surface area contributed by atoms with Crippen LogP contribution in [0.2, 0.25) is 0 Å². The third-order valence-electron chi connectivity index (χ3n) is 7.09. The van der Waals surface area contributed by atoms with Crippen molar-refractivity contribution in [1.82, 2.24) is 0 Å². The van der Waals surface area contributed by atoms with Gasteiger partial charge in [-0.1, -0.05) is 66.8 Å². The summed E-state index contributed by atoms with van der Waals surface area (Å²) in [6.07, 6.45) is 1.53. The molecule has 0 spiro atoms. The molecule has 0 aliphatic rings. The maximum Gasteiger partial charge on any atom is 0.306 e. The predicted octanol–water partition coefficient (Wildman–Crippen LogP) is 8.14. The number of hydrogen-bond acceptors (Lipinski definition) is 7. The lowest BCUT2D eigenvalue weighted by atomic mass is 9.82. The molecule has 236 valence electrons. The van der Waals surface area contributed by atoms with Gasteiger partial charge in [-0.05, 0) is 71.9 Å². The summed E-state index contributed by atoms with van der Waals surface area (Å²) >= 11 is 1.56. The van der Waals surface area contributed by atoms with Crippen LogP contribution < -0.4 is 0 Å². The van der Waals surface area contributed by atoms with E-state index in [1.54, 1.807) is 11.8 Å². The Labute approximate surface area is 262 Å². The van der Waals surface area contributed by atoms with Crippen LogP contribution in [-0.4, -0.2) is 46.9 Å². The van der Waals surface area contributed by atoms with Crippen molar-refractivity contribution in [2.75, 3.05) is 24.7 Å². The van der Waals surface area contributed by atoms with E-state index in [0.717, 1.165) is 33.4 Å². The zero-order valence-corrected chi connectivity index (χ0v) is 28.1. The van der Waals surface area contributed by atoms with Crippen LogP contribution in [0.3, 0.4) is 0 Å². The summed E-state index contributed by atoms with van der Waals surface area (Å²) in [6.45, 7) is 24.5. The van der Waals surface area contributed by atoms with Gasteiger partial charge < -0.3 is 19.7 Å². The number of benzene rings is 2. The number of allylic oxidation sites excluding steroid dienone is 2. The second-order valence-corrected chi connectivity index (χ2v) is 14.4. The summed E-state index contributed by atoms with van der Waals surface area (Å²) in [6, 6.07) is 7.70. The lowest BCUT2D eigenvalue weighted by Crippen LogP contribution is -2.14. The molecule has 2 rings (SSSR count). The Kier molecular flexibility index (Phi) is 13.0. The van der Waals surface area contributed by atoms with Gasteiger partial charge in [-0.25, -0.2) is 0 Å². The molecule has 2 N–H and O–H groups in total. The molecule has 43 heavy (non-hydrogen) atoms. The van der Waals surface area contributed by atoms with E-state index >= 15 is 0 Å². The first kappa shape index (κ1) is 36.0. The molecule has 0 aliphatic carbocycles. The van der Waals surface area contributed by atoms with Crippen LogP contribution in [-0.2, 0) is 42.7 Å². The minimum Gasteiger partial charge on any atom is -0.507 e. The smallest absolute Gasteiger partial charge is 0.306 e. The summed E-state index contributed by atoms with van der Waals surface area (Å²) in [5.41, 5.74) is 6.08. The highest BCUT2D eigenvalue weighted by molar-refractivity contribution is 7.99. The standard InChI is InChI=1S/C36H50O6S/c1-23(2)27-19-25(21-29(33(27)39)35(5,6)7)11-13-31(37)41-15-17-43-18-16-42-32(38)14-12-26-20-28(24(3)4)34(40)30(22-26)36(8,9)10/h19-22,39-40H,1,3,11-18H2,2,4-10H3. The van der Waals surface area contributed by atoms with E-state index in [9.17, 15) is 19.8 Å². The minimum atomic E-state index is -0.270. The third-order valence-corrected chi connectivity index (χ3v) is 8.00. The van der Waals surface area contributed by atoms with Crippen LogP contribution >= 0.6 is 11.8 Å². The second-order valence-electron chi connectivity index (χ2n) is 13.2. The number of esters is 2. The molecule has 0 saturated heterocycles. The quantitative estimate of drug-likeness (QED) is 0.165. The van der Waals surface area contributed by atoms with Crippen molar-refractivity contribution < 1.29 is 29.3 Å². The van der Waals surface area contributed by atoms with Gasteiger partial charge in [0.1, 0.15) is 24.7 Å². The van der Waals surface area contributed by atoms with Gasteiger partial charge in [-0.15, -0.1) is 0 Å². The molecule has 2 aromatic carbocycles. The fourth-order valence-electron chi connectivity index (χ4n) is 4.64. The first-order valence-electron chi connectivity index (χ1n) is 14.8. The average molecular weight is 611 g/mol. The molecule has 0 unspecified atom stereocenters. The van der Waals surface area contributed by atoms with Gasteiger partial charge in [0.05, 0.1) is 0 Å². The highest BCUT2D eigenvalue weighted by atomic mass is 32.2. The number of phenols is 2.